The molecule has 5 nitrogen and oxygen atoms in total. The molecule has 0 aliphatic carbocycles. The summed E-state index contributed by atoms with van der Waals surface area (Å²) < 4.78 is 0. The zero-order valence-corrected chi connectivity index (χ0v) is 15.3. The number of aromatic nitrogens is 1. The lowest BCUT2D eigenvalue weighted by Gasteiger charge is -2.16. The van der Waals surface area contributed by atoms with Crippen LogP contribution in [0.2, 0.25) is 0 Å². The van der Waals surface area contributed by atoms with E-state index < -0.39 is 0 Å². The predicted molar refractivity (Wildman–Crippen MR) is 105 cm³/mol. The number of carbonyl (C=O) groups is 2. The van der Waals surface area contributed by atoms with Crippen LogP contribution >= 0.6 is 23.1 Å². The largest absolute Gasteiger partial charge is 0.324 e. The number of fused-ring (bicyclic) bond motifs is 1. The summed E-state index contributed by atoms with van der Waals surface area (Å²) in [5.41, 5.74) is 2.38. The number of nitrogens with zero attached hydrogens (tertiary/aromatic N) is 1. The second kappa shape index (κ2) is 7.31. The maximum absolute atomic E-state index is 12.5. The van der Waals surface area contributed by atoms with Gasteiger partial charge in [0.25, 0.3) is 5.91 Å². The van der Waals surface area contributed by atoms with Crippen LogP contribution in [-0.2, 0) is 11.2 Å². The van der Waals surface area contributed by atoms with E-state index in [1.54, 1.807) is 18.3 Å². The minimum absolute atomic E-state index is 0.0504. The normalized spacial score (nSPS) is 13.0. The molecule has 0 atom stereocenters. The lowest BCUT2D eigenvalue weighted by atomic mass is 10.1. The number of benzene rings is 2. The van der Waals surface area contributed by atoms with E-state index in [9.17, 15) is 9.59 Å². The molecule has 1 aliphatic heterocycles. The smallest absolute Gasteiger partial charge is 0.257 e. The Morgan fingerprint density at radius 3 is 2.88 bits per heavy atom. The van der Waals surface area contributed by atoms with Gasteiger partial charge in [-0.2, -0.15) is 0 Å². The second-order valence-electron chi connectivity index (χ2n) is 5.80. The van der Waals surface area contributed by atoms with E-state index in [2.05, 4.69) is 27.8 Å². The lowest BCUT2D eigenvalue weighted by molar-refractivity contribution is -0.113. The van der Waals surface area contributed by atoms with Crippen molar-refractivity contribution in [2.45, 2.75) is 11.3 Å². The molecule has 0 radical (unpaired) electrons. The molecule has 4 rings (SSSR count). The third-order valence-electron chi connectivity index (χ3n) is 3.87. The van der Waals surface area contributed by atoms with Crippen molar-refractivity contribution in [2.24, 2.45) is 0 Å². The molecule has 7 heteroatoms. The molecule has 0 fully saturated rings. The second-order valence-corrected chi connectivity index (χ2v) is 7.93. The van der Waals surface area contributed by atoms with Gasteiger partial charge in [-0.3, -0.25) is 14.9 Å². The number of thioether (sulfide) groups is 1. The molecule has 0 saturated carbocycles. The quantitative estimate of drug-likeness (QED) is 0.716. The number of hydrogen-bond donors (Lipinski definition) is 2. The molecule has 1 aromatic heterocycles. The zero-order chi connectivity index (χ0) is 17.9. The Morgan fingerprint density at radius 2 is 2.04 bits per heavy atom. The minimum Gasteiger partial charge on any atom is -0.324 e. The Kier molecular flexibility index (Phi) is 4.73. The van der Waals surface area contributed by atoms with Crippen LogP contribution in [0.15, 0.2) is 59.6 Å². The van der Waals surface area contributed by atoms with Gasteiger partial charge in [-0.25, -0.2) is 4.98 Å². The van der Waals surface area contributed by atoms with Crippen molar-refractivity contribution < 1.29 is 9.59 Å². The third kappa shape index (κ3) is 3.79. The highest BCUT2D eigenvalue weighted by molar-refractivity contribution is 8.00. The average molecular weight is 381 g/mol. The minimum atomic E-state index is -0.238. The predicted octanol–water partition coefficient (Wildman–Crippen LogP) is 4.03. The molecule has 0 unspecified atom stereocenters. The first-order chi connectivity index (χ1) is 12.7. The van der Waals surface area contributed by atoms with Crippen LogP contribution in [0.1, 0.15) is 20.8 Å². The number of amides is 2. The summed E-state index contributed by atoms with van der Waals surface area (Å²) in [5.74, 6) is 0.116. The molecule has 2 amide bonds. The van der Waals surface area contributed by atoms with Gasteiger partial charge < -0.3 is 5.32 Å². The maximum Gasteiger partial charge on any atom is 0.257 e. The Morgan fingerprint density at radius 1 is 1.19 bits per heavy atom. The van der Waals surface area contributed by atoms with Gasteiger partial charge in [0.1, 0.15) is 0 Å². The number of anilines is 2. The van der Waals surface area contributed by atoms with Crippen LogP contribution in [0.3, 0.4) is 0 Å². The summed E-state index contributed by atoms with van der Waals surface area (Å²) in [5, 5.41) is 6.20. The Labute approximate surface area is 158 Å². The Bertz CT molecular complexity index is 970. The van der Waals surface area contributed by atoms with Gasteiger partial charge in [0, 0.05) is 28.0 Å². The van der Waals surface area contributed by atoms with Crippen molar-refractivity contribution in [2.75, 3.05) is 16.4 Å². The van der Waals surface area contributed by atoms with E-state index in [0.717, 1.165) is 16.2 Å². The highest BCUT2D eigenvalue weighted by Gasteiger charge is 2.18. The molecule has 130 valence electrons. The van der Waals surface area contributed by atoms with Crippen molar-refractivity contribution in [1.82, 2.24) is 4.98 Å². The van der Waals surface area contributed by atoms with E-state index in [-0.39, 0.29) is 11.8 Å². The standard InChI is InChI=1S/C19H15N3O2S2/c23-17-11-25-16-7-6-13(9-15(16)21-17)18(24)22-19-20-10-14(26-19)8-12-4-2-1-3-5-12/h1-7,9-10H,8,11H2,(H,21,23)(H,20,22,24). The summed E-state index contributed by atoms with van der Waals surface area (Å²) in [7, 11) is 0. The van der Waals surface area contributed by atoms with Crippen molar-refractivity contribution in [3.05, 3.63) is 70.7 Å². The van der Waals surface area contributed by atoms with Crippen LogP contribution in [0.5, 0.6) is 0 Å². The summed E-state index contributed by atoms with van der Waals surface area (Å²) in [6.45, 7) is 0. The van der Waals surface area contributed by atoms with Crippen molar-refractivity contribution in [3.8, 4) is 0 Å². The van der Waals surface area contributed by atoms with Crippen molar-refractivity contribution >= 4 is 45.7 Å². The Balaban J connectivity index is 1.45. The lowest BCUT2D eigenvalue weighted by Crippen LogP contribution is -2.19. The van der Waals surface area contributed by atoms with Crippen LogP contribution in [-0.4, -0.2) is 22.6 Å². The first-order valence-electron chi connectivity index (χ1n) is 8.04. The molecule has 0 bridgehead atoms. The summed E-state index contributed by atoms with van der Waals surface area (Å²) in [6, 6.07) is 15.5. The number of hydrogen-bond acceptors (Lipinski definition) is 5. The maximum atomic E-state index is 12.5. The molecule has 3 aromatic rings. The van der Waals surface area contributed by atoms with Gasteiger partial charge in [-0.05, 0) is 23.8 Å². The molecule has 2 heterocycles. The molecular formula is C19H15N3O2S2. The highest BCUT2D eigenvalue weighted by atomic mass is 32.2. The first-order valence-corrected chi connectivity index (χ1v) is 9.84. The number of nitrogens with one attached hydrogen (secondary N) is 2. The van der Waals surface area contributed by atoms with Gasteiger partial charge in [0.05, 0.1) is 11.4 Å². The van der Waals surface area contributed by atoms with Crippen molar-refractivity contribution in [1.29, 1.82) is 0 Å². The average Bonchev–Trinajstić information content (AvgIpc) is 3.08. The molecular weight excluding hydrogens is 366 g/mol. The van der Waals surface area contributed by atoms with Gasteiger partial charge >= 0.3 is 0 Å². The van der Waals surface area contributed by atoms with Crippen LogP contribution in [0.4, 0.5) is 10.8 Å². The third-order valence-corrected chi connectivity index (χ3v) is 5.86. The SMILES string of the molecule is O=C1CSc2ccc(C(=O)Nc3ncc(Cc4ccccc4)s3)cc2N1. The number of thiazole rings is 1. The van der Waals surface area contributed by atoms with E-state index in [1.165, 1.54) is 28.7 Å². The van der Waals surface area contributed by atoms with E-state index in [1.807, 2.05) is 24.3 Å². The van der Waals surface area contributed by atoms with Gasteiger partial charge in [-0.15, -0.1) is 23.1 Å². The fourth-order valence-corrected chi connectivity index (χ4v) is 4.27. The zero-order valence-electron chi connectivity index (χ0n) is 13.7. The van der Waals surface area contributed by atoms with Crippen LogP contribution in [0, 0.1) is 0 Å². The Hall–Kier alpha value is -2.64. The fraction of sp³-hybridized carbons (Fsp3) is 0.105. The van der Waals surface area contributed by atoms with Gasteiger partial charge in [0.2, 0.25) is 5.91 Å². The van der Waals surface area contributed by atoms with Gasteiger partial charge in [-0.1, -0.05) is 30.3 Å². The molecule has 26 heavy (non-hydrogen) atoms. The number of rotatable bonds is 4. The van der Waals surface area contributed by atoms with Crippen molar-refractivity contribution in [3.63, 3.8) is 0 Å². The fourth-order valence-electron chi connectivity index (χ4n) is 2.64. The number of carbonyl (C=O) groups excluding carboxylic acids is 2. The van der Waals surface area contributed by atoms with E-state index >= 15 is 0 Å². The summed E-state index contributed by atoms with van der Waals surface area (Å²) in [6.07, 6.45) is 2.58. The van der Waals surface area contributed by atoms with Crippen LogP contribution < -0.4 is 10.6 Å². The molecule has 1 aliphatic rings. The summed E-state index contributed by atoms with van der Waals surface area (Å²) >= 11 is 2.93. The van der Waals surface area contributed by atoms with E-state index in [4.69, 9.17) is 0 Å². The summed E-state index contributed by atoms with van der Waals surface area (Å²) in [4.78, 5) is 30.3. The van der Waals surface area contributed by atoms with E-state index in [0.29, 0.717) is 22.1 Å². The highest BCUT2D eigenvalue weighted by Crippen LogP contribution is 2.32. The van der Waals surface area contributed by atoms with Crippen LogP contribution in [0.25, 0.3) is 0 Å². The topological polar surface area (TPSA) is 71.1 Å². The monoisotopic (exact) mass is 381 g/mol. The molecule has 0 spiro atoms. The van der Waals surface area contributed by atoms with Gasteiger partial charge in [0.15, 0.2) is 5.13 Å². The molecule has 2 aromatic carbocycles. The molecule has 2 N–H and O–H groups in total. The molecule has 0 saturated heterocycles. The first kappa shape index (κ1) is 16.8.